The Hall–Kier alpha value is -1.75. The number of nitrogens with two attached hydrogens (primary N) is 1. The van der Waals surface area contributed by atoms with Crippen LogP contribution in [-0.4, -0.2) is 25.9 Å². The molecule has 0 saturated heterocycles. The number of carbonyl (C=O) groups excluding carboxylic acids is 1. The fourth-order valence-electron chi connectivity index (χ4n) is 3.38. The number of carbonyl (C=O) groups is 1. The molecule has 114 valence electrons. The zero-order valence-electron chi connectivity index (χ0n) is 12.2. The van der Waals surface area contributed by atoms with Crippen LogP contribution >= 0.6 is 0 Å². The largest absolute Gasteiger partial charge is 0.469 e. The molecule has 0 unspecified atom stereocenters. The van der Waals surface area contributed by atoms with E-state index < -0.39 is 0 Å². The Bertz CT molecular complexity index is 531. The Balaban J connectivity index is 1.76. The predicted octanol–water partition coefficient (Wildman–Crippen LogP) is 2.19. The van der Waals surface area contributed by atoms with Crippen molar-refractivity contribution in [1.82, 2.24) is 0 Å². The Kier molecular flexibility index (Phi) is 4.01. The molecule has 0 aromatic heterocycles. The van der Waals surface area contributed by atoms with Gasteiger partial charge in [-0.25, -0.2) is 0 Å². The second-order valence-electron chi connectivity index (χ2n) is 5.77. The number of hydrogen-bond acceptors (Lipinski definition) is 5. The Labute approximate surface area is 124 Å². The predicted molar refractivity (Wildman–Crippen MR) is 77.3 cm³/mol. The van der Waals surface area contributed by atoms with Gasteiger partial charge in [-0.1, -0.05) is 12.5 Å². The molecule has 1 aliphatic carbocycles. The van der Waals surface area contributed by atoms with Crippen molar-refractivity contribution in [2.45, 2.75) is 37.6 Å². The highest BCUT2D eigenvalue weighted by molar-refractivity contribution is 5.69. The first-order chi connectivity index (χ1) is 10.2. The standard InChI is InChI=1S/C16H21NO4/c1-19-15(18)8-11-3-2-4-12(16(11)17)10-5-6-13-14(7-10)21-9-20-13/h5-7,11-12,16H,2-4,8-9,17H2,1H3/t11-,12+,16-/m0/s1. The molecule has 1 aliphatic heterocycles. The van der Waals surface area contributed by atoms with Gasteiger partial charge >= 0.3 is 5.97 Å². The van der Waals surface area contributed by atoms with Crippen LogP contribution in [0.2, 0.25) is 0 Å². The SMILES string of the molecule is COC(=O)C[C@@H]1CCC[C@H](c2ccc3c(c2)OCO3)[C@H]1N. The molecule has 21 heavy (non-hydrogen) atoms. The summed E-state index contributed by atoms with van der Waals surface area (Å²) in [6, 6.07) is 5.98. The summed E-state index contributed by atoms with van der Waals surface area (Å²) in [4.78, 5) is 11.5. The number of methoxy groups -OCH3 is 1. The van der Waals surface area contributed by atoms with Crippen molar-refractivity contribution in [3.63, 3.8) is 0 Å². The van der Waals surface area contributed by atoms with Crippen molar-refractivity contribution in [3.05, 3.63) is 23.8 Å². The van der Waals surface area contributed by atoms with Crippen molar-refractivity contribution in [3.8, 4) is 11.5 Å². The maximum absolute atomic E-state index is 11.5. The number of benzene rings is 1. The summed E-state index contributed by atoms with van der Waals surface area (Å²) >= 11 is 0. The summed E-state index contributed by atoms with van der Waals surface area (Å²) in [6.07, 6.45) is 3.50. The van der Waals surface area contributed by atoms with E-state index in [0.29, 0.717) is 6.42 Å². The molecular formula is C16H21NO4. The molecule has 1 heterocycles. The van der Waals surface area contributed by atoms with E-state index in [2.05, 4.69) is 6.07 Å². The van der Waals surface area contributed by atoms with Crippen LogP contribution in [0.4, 0.5) is 0 Å². The quantitative estimate of drug-likeness (QED) is 0.864. The van der Waals surface area contributed by atoms with Crippen LogP contribution in [0.15, 0.2) is 18.2 Å². The van der Waals surface area contributed by atoms with Gasteiger partial charge in [-0.15, -0.1) is 0 Å². The van der Waals surface area contributed by atoms with Gasteiger partial charge in [0.25, 0.3) is 0 Å². The maximum Gasteiger partial charge on any atom is 0.305 e. The molecule has 0 amide bonds. The van der Waals surface area contributed by atoms with E-state index in [9.17, 15) is 4.79 Å². The number of hydrogen-bond donors (Lipinski definition) is 1. The van der Waals surface area contributed by atoms with Crippen molar-refractivity contribution < 1.29 is 19.0 Å². The Morgan fingerprint density at radius 1 is 1.33 bits per heavy atom. The molecule has 1 fully saturated rings. The molecule has 2 N–H and O–H groups in total. The lowest BCUT2D eigenvalue weighted by Crippen LogP contribution is -2.40. The second kappa shape index (κ2) is 5.93. The lowest BCUT2D eigenvalue weighted by molar-refractivity contribution is -0.142. The zero-order valence-corrected chi connectivity index (χ0v) is 12.2. The van der Waals surface area contributed by atoms with Gasteiger partial charge in [0.1, 0.15) is 0 Å². The number of rotatable bonds is 3. The van der Waals surface area contributed by atoms with Crippen LogP contribution < -0.4 is 15.2 Å². The van der Waals surface area contributed by atoms with Crippen molar-refractivity contribution in [2.75, 3.05) is 13.9 Å². The molecule has 0 bridgehead atoms. The average molecular weight is 291 g/mol. The third kappa shape index (κ3) is 2.83. The fourth-order valence-corrected chi connectivity index (χ4v) is 3.38. The van der Waals surface area contributed by atoms with Crippen LogP contribution in [0.3, 0.4) is 0 Å². The van der Waals surface area contributed by atoms with Gasteiger partial charge in [0.2, 0.25) is 6.79 Å². The van der Waals surface area contributed by atoms with Gasteiger partial charge in [-0.3, -0.25) is 4.79 Å². The molecule has 3 rings (SSSR count). The lowest BCUT2D eigenvalue weighted by Gasteiger charge is -2.35. The molecule has 1 aromatic carbocycles. The highest BCUT2D eigenvalue weighted by Gasteiger charge is 2.33. The lowest BCUT2D eigenvalue weighted by atomic mass is 9.73. The van der Waals surface area contributed by atoms with Gasteiger partial charge in [0.15, 0.2) is 11.5 Å². The summed E-state index contributed by atoms with van der Waals surface area (Å²) < 4.78 is 15.5. The van der Waals surface area contributed by atoms with E-state index in [-0.39, 0.29) is 30.6 Å². The van der Waals surface area contributed by atoms with E-state index in [1.165, 1.54) is 12.7 Å². The van der Waals surface area contributed by atoms with Crippen molar-refractivity contribution in [1.29, 1.82) is 0 Å². The van der Waals surface area contributed by atoms with E-state index >= 15 is 0 Å². The van der Waals surface area contributed by atoms with Crippen molar-refractivity contribution >= 4 is 5.97 Å². The Morgan fingerprint density at radius 3 is 2.95 bits per heavy atom. The van der Waals surface area contributed by atoms with Crippen LogP contribution in [0.1, 0.15) is 37.2 Å². The minimum absolute atomic E-state index is 0.0294. The second-order valence-corrected chi connectivity index (χ2v) is 5.77. The Morgan fingerprint density at radius 2 is 2.14 bits per heavy atom. The molecular weight excluding hydrogens is 270 g/mol. The summed E-state index contributed by atoms with van der Waals surface area (Å²) in [6.45, 7) is 0.278. The number of esters is 1. The van der Waals surface area contributed by atoms with Crippen LogP contribution in [0, 0.1) is 5.92 Å². The monoisotopic (exact) mass is 291 g/mol. The fraction of sp³-hybridized carbons (Fsp3) is 0.562. The third-order valence-corrected chi connectivity index (χ3v) is 4.58. The molecule has 5 heteroatoms. The average Bonchev–Trinajstić information content (AvgIpc) is 2.96. The van der Waals surface area contributed by atoms with Crippen molar-refractivity contribution in [2.24, 2.45) is 11.7 Å². The van der Waals surface area contributed by atoms with Crippen LogP contribution in [0.5, 0.6) is 11.5 Å². The van der Waals surface area contributed by atoms with E-state index in [0.717, 1.165) is 30.8 Å². The van der Waals surface area contributed by atoms with Gasteiger partial charge in [-0.2, -0.15) is 0 Å². The summed E-state index contributed by atoms with van der Waals surface area (Å²) in [5.74, 6) is 1.83. The molecule has 5 nitrogen and oxygen atoms in total. The van der Waals surface area contributed by atoms with Gasteiger partial charge in [0.05, 0.1) is 7.11 Å². The highest BCUT2D eigenvalue weighted by Crippen LogP contribution is 2.41. The first kappa shape index (κ1) is 14.2. The van der Waals surface area contributed by atoms with E-state index in [1.807, 2.05) is 12.1 Å². The summed E-state index contributed by atoms with van der Waals surface area (Å²) in [5, 5.41) is 0. The molecule has 1 saturated carbocycles. The van der Waals surface area contributed by atoms with Gasteiger partial charge in [-0.05, 0) is 42.4 Å². The summed E-state index contributed by atoms with van der Waals surface area (Å²) in [5.41, 5.74) is 7.59. The first-order valence-corrected chi connectivity index (χ1v) is 7.41. The number of ether oxygens (including phenoxy) is 3. The van der Waals surface area contributed by atoms with Crippen LogP contribution in [0.25, 0.3) is 0 Å². The highest BCUT2D eigenvalue weighted by atomic mass is 16.7. The molecule has 2 aliphatic rings. The van der Waals surface area contributed by atoms with Crippen LogP contribution in [-0.2, 0) is 9.53 Å². The molecule has 0 spiro atoms. The normalized spacial score (nSPS) is 27.4. The zero-order chi connectivity index (χ0) is 14.8. The first-order valence-electron chi connectivity index (χ1n) is 7.41. The van der Waals surface area contributed by atoms with Gasteiger partial charge < -0.3 is 19.9 Å². The van der Waals surface area contributed by atoms with Gasteiger partial charge in [0, 0.05) is 12.5 Å². The van der Waals surface area contributed by atoms with E-state index in [1.54, 1.807) is 0 Å². The van der Waals surface area contributed by atoms with E-state index in [4.69, 9.17) is 19.9 Å². The minimum atomic E-state index is -0.179. The summed E-state index contributed by atoms with van der Waals surface area (Å²) in [7, 11) is 1.42. The minimum Gasteiger partial charge on any atom is -0.469 e. The molecule has 0 radical (unpaired) electrons. The molecule has 3 atom stereocenters. The number of fused-ring (bicyclic) bond motifs is 1. The topological polar surface area (TPSA) is 70.8 Å². The third-order valence-electron chi connectivity index (χ3n) is 4.58. The smallest absolute Gasteiger partial charge is 0.305 e. The molecule has 1 aromatic rings. The maximum atomic E-state index is 11.5.